The summed E-state index contributed by atoms with van der Waals surface area (Å²) in [6, 6.07) is 9.94. The first kappa shape index (κ1) is 10.0. The Morgan fingerprint density at radius 2 is 1.87 bits per heavy atom. The van der Waals surface area contributed by atoms with Gasteiger partial charge in [-0.1, -0.05) is 30.3 Å². The predicted octanol–water partition coefficient (Wildman–Crippen LogP) is 2.59. The number of nitrogens with zero attached hydrogens (tertiary/aromatic N) is 1. The topological polar surface area (TPSA) is 29.5 Å². The highest BCUT2D eigenvalue weighted by molar-refractivity contribution is 5.71. The van der Waals surface area contributed by atoms with Crippen LogP contribution in [0.2, 0.25) is 0 Å². The number of carbonyl (C=O) groups is 1. The molecule has 80 valence electrons. The van der Waals surface area contributed by atoms with E-state index in [0.29, 0.717) is 0 Å². The van der Waals surface area contributed by atoms with Crippen LogP contribution < -0.4 is 0 Å². The van der Waals surface area contributed by atoms with Gasteiger partial charge in [0, 0.05) is 7.05 Å². The summed E-state index contributed by atoms with van der Waals surface area (Å²) in [5, 5.41) is 0. The van der Waals surface area contributed by atoms with Gasteiger partial charge in [0.1, 0.15) is 5.60 Å². The van der Waals surface area contributed by atoms with Crippen molar-refractivity contribution in [2.24, 2.45) is 0 Å². The highest BCUT2D eigenvalue weighted by Gasteiger charge is 2.46. The molecule has 1 aliphatic heterocycles. The van der Waals surface area contributed by atoms with Crippen molar-refractivity contribution in [3.8, 4) is 0 Å². The Kier molecular flexibility index (Phi) is 2.18. The molecule has 2 rings (SSSR count). The highest BCUT2D eigenvalue weighted by atomic mass is 16.6. The number of benzene rings is 1. The minimum atomic E-state index is -0.465. The van der Waals surface area contributed by atoms with Gasteiger partial charge >= 0.3 is 6.09 Å². The van der Waals surface area contributed by atoms with Crippen molar-refractivity contribution >= 4 is 6.09 Å². The van der Waals surface area contributed by atoms with Gasteiger partial charge in [0.15, 0.2) is 0 Å². The van der Waals surface area contributed by atoms with Crippen LogP contribution in [0.4, 0.5) is 4.79 Å². The minimum absolute atomic E-state index is 0.00815. The Bertz CT molecular complexity index is 372. The van der Waals surface area contributed by atoms with E-state index < -0.39 is 5.60 Å². The van der Waals surface area contributed by atoms with Crippen molar-refractivity contribution < 1.29 is 9.53 Å². The quantitative estimate of drug-likeness (QED) is 0.705. The largest absolute Gasteiger partial charge is 0.441 e. The Morgan fingerprint density at radius 3 is 2.33 bits per heavy atom. The third-order valence-electron chi connectivity index (χ3n) is 2.80. The Labute approximate surface area is 89.7 Å². The monoisotopic (exact) mass is 205 g/mol. The van der Waals surface area contributed by atoms with E-state index in [1.54, 1.807) is 11.9 Å². The third-order valence-corrected chi connectivity index (χ3v) is 2.80. The van der Waals surface area contributed by atoms with Crippen molar-refractivity contribution in [3.05, 3.63) is 35.9 Å². The summed E-state index contributed by atoms with van der Waals surface area (Å²) in [6.45, 7) is 3.87. The number of carbonyl (C=O) groups excluding carboxylic acids is 1. The SMILES string of the molecule is CN1C(=O)OC(C)(C)C1c1ccccc1. The second kappa shape index (κ2) is 3.26. The van der Waals surface area contributed by atoms with E-state index in [-0.39, 0.29) is 12.1 Å². The van der Waals surface area contributed by atoms with E-state index in [4.69, 9.17) is 4.74 Å². The fourth-order valence-corrected chi connectivity index (χ4v) is 2.18. The number of likely N-dealkylation sites (N-methyl/N-ethyl adjacent to an activating group) is 1. The zero-order valence-corrected chi connectivity index (χ0v) is 9.23. The molecule has 0 spiro atoms. The van der Waals surface area contributed by atoms with E-state index in [1.165, 1.54) is 0 Å². The molecular formula is C12H15NO2. The standard InChI is InChI=1S/C12H15NO2/c1-12(2)10(13(3)11(14)15-12)9-7-5-4-6-8-9/h4-8,10H,1-3H3. The molecule has 1 heterocycles. The van der Waals surface area contributed by atoms with Crippen LogP contribution in [0.5, 0.6) is 0 Å². The van der Waals surface area contributed by atoms with Gasteiger partial charge in [-0.05, 0) is 19.4 Å². The first-order valence-corrected chi connectivity index (χ1v) is 5.03. The van der Waals surface area contributed by atoms with Gasteiger partial charge in [-0.3, -0.25) is 0 Å². The molecule has 1 aliphatic rings. The summed E-state index contributed by atoms with van der Waals surface area (Å²) in [4.78, 5) is 13.1. The summed E-state index contributed by atoms with van der Waals surface area (Å²) < 4.78 is 5.31. The van der Waals surface area contributed by atoms with Crippen LogP contribution in [-0.4, -0.2) is 23.6 Å². The number of ether oxygens (including phenoxy) is 1. The second-order valence-corrected chi connectivity index (χ2v) is 4.40. The van der Waals surface area contributed by atoms with Gasteiger partial charge in [0.25, 0.3) is 0 Å². The molecule has 3 heteroatoms. The van der Waals surface area contributed by atoms with Crippen LogP contribution >= 0.6 is 0 Å². The van der Waals surface area contributed by atoms with Crippen molar-refractivity contribution in [1.29, 1.82) is 0 Å². The molecule has 0 radical (unpaired) electrons. The molecule has 3 nitrogen and oxygen atoms in total. The second-order valence-electron chi connectivity index (χ2n) is 4.40. The fraction of sp³-hybridized carbons (Fsp3) is 0.417. The molecule has 1 aromatic rings. The van der Waals surface area contributed by atoms with Crippen molar-refractivity contribution in [1.82, 2.24) is 4.90 Å². The molecule has 15 heavy (non-hydrogen) atoms. The molecule has 1 atom stereocenters. The lowest BCUT2D eigenvalue weighted by molar-refractivity contribution is 0.0677. The zero-order chi connectivity index (χ0) is 11.1. The average Bonchev–Trinajstić information content (AvgIpc) is 2.37. The summed E-state index contributed by atoms with van der Waals surface area (Å²) in [5.74, 6) is 0. The molecule has 1 amide bonds. The van der Waals surface area contributed by atoms with Gasteiger partial charge in [-0.15, -0.1) is 0 Å². The van der Waals surface area contributed by atoms with E-state index in [0.717, 1.165) is 5.56 Å². The number of amides is 1. The van der Waals surface area contributed by atoms with Gasteiger partial charge < -0.3 is 9.64 Å². The Balaban J connectivity index is 2.40. The van der Waals surface area contributed by atoms with Crippen LogP contribution in [0.1, 0.15) is 25.5 Å². The molecule has 1 fully saturated rings. The molecular weight excluding hydrogens is 190 g/mol. The van der Waals surface area contributed by atoms with Crippen LogP contribution in [-0.2, 0) is 4.74 Å². The molecule has 0 aliphatic carbocycles. The predicted molar refractivity (Wildman–Crippen MR) is 57.5 cm³/mol. The molecule has 1 aromatic carbocycles. The smallest absolute Gasteiger partial charge is 0.410 e. The third kappa shape index (κ3) is 1.58. The minimum Gasteiger partial charge on any atom is -0.441 e. The number of hydrogen-bond donors (Lipinski definition) is 0. The molecule has 0 saturated carbocycles. The molecule has 0 N–H and O–H groups in total. The molecule has 1 saturated heterocycles. The number of hydrogen-bond acceptors (Lipinski definition) is 2. The zero-order valence-electron chi connectivity index (χ0n) is 9.23. The van der Waals surface area contributed by atoms with E-state index in [9.17, 15) is 4.79 Å². The summed E-state index contributed by atoms with van der Waals surface area (Å²) in [7, 11) is 1.77. The molecule has 0 bridgehead atoms. The van der Waals surface area contributed by atoms with Crippen LogP contribution in [0, 0.1) is 0 Å². The van der Waals surface area contributed by atoms with Crippen LogP contribution in [0.25, 0.3) is 0 Å². The first-order valence-electron chi connectivity index (χ1n) is 5.03. The van der Waals surface area contributed by atoms with E-state index >= 15 is 0 Å². The lowest BCUT2D eigenvalue weighted by atomic mass is 9.92. The summed E-state index contributed by atoms with van der Waals surface area (Å²) >= 11 is 0. The molecule has 1 unspecified atom stereocenters. The maximum Gasteiger partial charge on any atom is 0.410 e. The van der Waals surface area contributed by atoms with Crippen molar-refractivity contribution in [2.75, 3.05) is 7.05 Å². The maximum absolute atomic E-state index is 11.5. The van der Waals surface area contributed by atoms with Crippen molar-refractivity contribution in [2.45, 2.75) is 25.5 Å². The van der Waals surface area contributed by atoms with Crippen LogP contribution in [0.3, 0.4) is 0 Å². The van der Waals surface area contributed by atoms with Crippen LogP contribution in [0.15, 0.2) is 30.3 Å². The summed E-state index contributed by atoms with van der Waals surface area (Å²) in [6.07, 6.45) is -0.256. The Hall–Kier alpha value is -1.51. The van der Waals surface area contributed by atoms with Gasteiger partial charge in [-0.25, -0.2) is 4.79 Å². The van der Waals surface area contributed by atoms with Gasteiger partial charge in [-0.2, -0.15) is 0 Å². The maximum atomic E-state index is 11.5. The highest BCUT2D eigenvalue weighted by Crippen LogP contribution is 2.39. The lowest BCUT2D eigenvalue weighted by Crippen LogP contribution is -2.31. The Morgan fingerprint density at radius 1 is 1.27 bits per heavy atom. The average molecular weight is 205 g/mol. The lowest BCUT2D eigenvalue weighted by Gasteiger charge is -2.27. The van der Waals surface area contributed by atoms with Crippen molar-refractivity contribution in [3.63, 3.8) is 0 Å². The fourth-order valence-electron chi connectivity index (χ4n) is 2.18. The molecule has 0 aromatic heterocycles. The first-order chi connectivity index (χ1) is 7.02. The summed E-state index contributed by atoms with van der Waals surface area (Å²) in [5.41, 5.74) is 0.642. The number of cyclic esters (lactones) is 1. The van der Waals surface area contributed by atoms with E-state index in [1.807, 2.05) is 44.2 Å². The number of rotatable bonds is 1. The van der Waals surface area contributed by atoms with E-state index in [2.05, 4.69) is 0 Å². The van der Waals surface area contributed by atoms with Gasteiger partial charge in [0.2, 0.25) is 0 Å². The van der Waals surface area contributed by atoms with Gasteiger partial charge in [0.05, 0.1) is 6.04 Å². The normalized spacial score (nSPS) is 24.1.